The average molecular weight is 449 g/mol. The van der Waals surface area contributed by atoms with Gasteiger partial charge in [-0.15, -0.1) is 0 Å². The second-order valence-corrected chi connectivity index (χ2v) is 9.88. The first-order valence-corrected chi connectivity index (χ1v) is 11.3. The Morgan fingerprint density at radius 2 is 1.75 bits per heavy atom. The first kappa shape index (κ1) is 26.0. The maximum absolute atomic E-state index is 12.1. The van der Waals surface area contributed by atoms with Crippen LogP contribution in [0.25, 0.3) is 0 Å². The fourth-order valence-electron chi connectivity index (χ4n) is 3.92. The van der Waals surface area contributed by atoms with E-state index in [0.717, 1.165) is 37.0 Å². The van der Waals surface area contributed by atoms with Crippen LogP contribution in [0.15, 0.2) is 30.3 Å². The minimum absolute atomic E-state index is 0.0393. The molecule has 178 valence electrons. The summed E-state index contributed by atoms with van der Waals surface area (Å²) in [7, 11) is 2.26. The van der Waals surface area contributed by atoms with Crippen LogP contribution in [0.1, 0.15) is 38.7 Å². The van der Waals surface area contributed by atoms with Crippen molar-refractivity contribution in [2.24, 2.45) is 11.3 Å². The van der Waals surface area contributed by atoms with Crippen LogP contribution in [-0.2, 0) is 20.9 Å². The number of carbonyl (C=O) groups is 3. The van der Waals surface area contributed by atoms with Gasteiger partial charge in [-0.05, 0) is 5.92 Å². The zero-order chi connectivity index (χ0) is 23.8. The Kier molecular flexibility index (Phi) is 9.36. The molecule has 8 heteroatoms. The number of Topliss-reactive ketones (excluding diaryl/α,β-unsaturated/α-hetero) is 1. The summed E-state index contributed by atoms with van der Waals surface area (Å²) in [6.07, 6.45) is 0.452. The number of aliphatic hydroxyl groups excluding tert-OH is 2. The van der Waals surface area contributed by atoms with E-state index in [-0.39, 0.29) is 19.6 Å². The van der Waals surface area contributed by atoms with Gasteiger partial charge in [-0.1, -0.05) is 44.2 Å². The van der Waals surface area contributed by atoms with Gasteiger partial charge in [-0.3, -0.25) is 14.4 Å². The van der Waals surface area contributed by atoms with Crippen LogP contribution >= 0.6 is 0 Å². The normalized spacial score (nSPS) is 22.1. The van der Waals surface area contributed by atoms with E-state index < -0.39 is 29.1 Å². The van der Waals surface area contributed by atoms with Gasteiger partial charge < -0.3 is 25.3 Å². The molecule has 0 unspecified atom stereocenters. The predicted octanol–water partition coefficient (Wildman–Crippen LogP) is 0.614. The van der Waals surface area contributed by atoms with Crippen molar-refractivity contribution in [3.05, 3.63) is 35.9 Å². The lowest BCUT2D eigenvalue weighted by Gasteiger charge is -2.40. The Labute approximate surface area is 190 Å². The molecule has 1 atom stereocenters. The molecule has 4 N–H and O–H groups in total. The lowest BCUT2D eigenvalue weighted by molar-refractivity contribution is -0.928. The fourth-order valence-corrected chi connectivity index (χ4v) is 3.92. The molecule has 1 heterocycles. The molecule has 1 aromatic rings. The predicted molar refractivity (Wildman–Crippen MR) is 121 cm³/mol. The molecule has 0 saturated carbocycles. The zero-order valence-corrected chi connectivity index (χ0v) is 19.5. The van der Waals surface area contributed by atoms with E-state index in [0.29, 0.717) is 12.5 Å². The summed E-state index contributed by atoms with van der Waals surface area (Å²) in [5, 5.41) is 24.3. The van der Waals surface area contributed by atoms with Gasteiger partial charge in [0.1, 0.15) is 12.6 Å². The van der Waals surface area contributed by atoms with Gasteiger partial charge in [0, 0.05) is 43.3 Å². The number of hydrogen-bond acceptors (Lipinski definition) is 5. The number of ketones is 1. The van der Waals surface area contributed by atoms with Crippen molar-refractivity contribution in [2.45, 2.75) is 45.8 Å². The van der Waals surface area contributed by atoms with Crippen molar-refractivity contribution in [3.63, 3.8) is 0 Å². The maximum atomic E-state index is 12.1. The number of carbonyl (C=O) groups excluding carboxylic acids is 3. The topological polar surface area (TPSA) is 116 Å². The molecule has 1 aliphatic heterocycles. The van der Waals surface area contributed by atoms with Crippen LogP contribution in [0.5, 0.6) is 0 Å². The van der Waals surface area contributed by atoms with E-state index in [9.17, 15) is 24.6 Å². The number of likely N-dealkylation sites (tertiary alicyclic amines) is 1. The highest BCUT2D eigenvalue weighted by Crippen LogP contribution is 2.24. The maximum Gasteiger partial charge on any atom is 0.287 e. The molecule has 8 nitrogen and oxygen atoms in total. The van der Waals surface area contributed by atoms with Crippen LogP contribution < -0.4 is 10.6 Å². The van der Waals surface area contributed by atoms with Crippen LogP contribution in [0.4, 0.5) is 0 Å². The Morgan fingerprint density at radius 1 is 1.12 bits per heavy atom. The number of nitrogens with one attached hydrogen (secondary N) is 2. The summed E-state index contributed by atoms with van der Waals surface area (Å²) < 4.78 is 0.978. The molecular formula is C24H38N3O5+. The lowest BCUT2D eigenvalue weighted by Crippen LogP contribution is -2.50. The average Bonchev–Trinajstić information content (AvgIpc) is 2.78. The molecule has 1 aliphatic rings. The van der Waals surface area contributed by atoms with E-state index >= 15 is 0 Å². The molecule has 1 aromatic carbocycles. The highest BCUT2D eigenvalue weighted by atomic mass is 16.3. The van der Waals surface area contributed by atoms with Gasteiger partial charge in [0.25, 0.3) is 5.91 Å². The van der Waals surface area contributed by atoms with E-state index in [1.165, 1.54) is 5.56 Å². The van der Waals surface area contributed by atoms with Gasteiger partial charge in [-0.25, -0.2) is 0 Å². The number of benzene rings is 1. The van der Waals surface area contributed by atoms with Crippen molar-refractivity contribution in [2.75, 3.05) is 39.8 Å². The lowest BCUT2D eigenvalue weighted by atomic mass is 9.87. The smallest absolute Gasteiger partial charge is 0.287 e. The summed E-state index contributed by atoms with van der Waals surface area (Å²) in [5.41, 5.74) is 0.341. The summed E-state index contributed by atoms with van der Waals surface area (Å²) in [6.45, 7) is 6.26. The van der Waals surface area contributed by atoms with E-state index in [1.807, 2.05) is 6.07 Å². The molecular weight excluding hydrogens is 410 g/mol. The molecule has 0 spiro atoms. The monoisotopic (exact) mass is 448 g/mol. The van der Waals surface area contributed by atoms with Crippen molar-refractivity contribution in [3.8, 4) is 0 Å². The second-order valence-electron chi connectivity index (χ2n) is 9.88. The highest BCUT2D eigenvalue weighted by molar-refractivity contribution is 6.36. The highest BCUT2D eigenvalue weighted by Gasteiger charge is 2.33. The Balaban J connectivity index is 1.66. The third-order valence-corrected chi connectivity index (χ3v) is 6.41. The number of piperidine rings is 1. The van der Waals surface area contributed by atoms with Crippen molar-refractivity contribution in [1.82, 2.24) is 10.6 Å². The molecule has 1 fully saturated rings. The Morgan fingerprint density at radius 3 is 2.34 bits per heavy atom. The molecule has 2 amide bonds. The molecule has 32 heavy (non-hydrogen) atoms. The molecule has 0 radical (unpaired) electrons. The van der Waals surface area contributed by atoms with Gasteiger partial charge in [0.15, 0.2) is 0 Å². The number of hydrogen-bond donors (Lipinski definition) is 4. The summed E-state index contributed by atoms with van der Waals surface area (Å²) >= 11 is 0. The third kappa shape index (κ3) is 7.69. The Bertz CT molecular complexity index is 773. The molecule has 1 saturated heterocycles. The summed E-state index contributed by atoms with van der Waals surface area (Å²) in [5.74, 6) is -1.55. The number of rotatable bonds is 11. The van der Waals surface area contributed by atoms with Crippen molar-refractivity contribution in [1.29, 1.82) is 0 Å². The van der Waals surface area contributed by atoms with E-state index in [2.05, 4.69) is 41.9 Å². The van der Waals surface area contributed by atoms with Crippen molar-refractivity contribution >= 4 is 17.6 Å². The summed E-state index contributed by atoms with van der Waals surface area (Å²) in [4.78, 5) is 36.1. The molecule has 2 rings (SSSR count). The number of aliphatic hydroxyl groups is 2. The molecule has 0 aliphatic carbocycles. The fraction of sp³-hybridized carbons (Fsp3) is 0.625. The van der Waals surface area contributed by atoms with E-state index in [4.69, 9.17) is 0 Å². The quantitative estimate of drug-likeness (QED) is 0.293. The largest absolute Gasteiger partial charge is 0.396 e. The van der Waals surface area contributed by atoms with Gasteiger partial charge in [0.2, 0.25) is 11.7 Å². The second kappa shape index (κ2) is 11.5. The van der Waals surface area contributed by atoms with E-state index in [1.54, 1.807) is 13.8 Å². The van der Waals surface area contributed by atoms with Crippen LogP contribution in [0.3, 0.4) is 0 Å². The van der Waals surface area contributed by atoms with Gasteiger partial charge >= 0.3 is 0 Å². The number of amides is 2. The third-order valence-electron chi connectivity index (χ3n) is 6.41. The number of nitrogens with zero attached hydrogens (tertiary/aromatic N) is 1. The zero-order valence-electron chi connectivity index (χ0n) is 19.5. The first-order chi connectivity index (χ1) is 15.1. The van der Waals surface area contributed by atoms with Crippen LogP contribution in [0, 0.1) is 11.3 Å². The minimum Gasteiger partial charge on any atom is -0.396 e. The van der Waals surface area contributed by atoms with Crippen LogP contribution in [0.2, 0.25) is 0 Å². The van der Waals surface area contributed by atoms with Crippen molar-refractivity contribution < 1.29 is 29.1 Å². The van der Waals surface area contributed by atoms with Gasteiger partial charge in [-0.2, -0.15) is 0 Å². The Hall–Kier alpha value is -2.29. The minimum atomic E-state index is -1.39. The molecule has 0 bridgehead atoms. The molecule has 0 aromatic heterocycles. The SMILES string of the molecule is CC(C)(CO)[C@@H](O)C(=O)NCCC(=O)C(=O)NCC1CC[N+](C)(Cc2ccccc2)CC1. The number of quaternary nitrogens is 1. The first-order valence-electron chi connectivity index (χ1n) is 11.3. The van der Waals surface area contributed by atoms with Crippen LogP contribution in [-0.4, -0.2) is 78.2 Å². The summed E-state index contributed by atoms with van der Waals surface area (Å²) in [6, 6.07) is 10.4. The standard InChI is InChI=1S/C24H37N3O5/c1-24(2,17-28)21(30)23(32)25-12-9-20(29)22(31)26-15-18-10-13-27(3,14-11-18)16-19-7-5-4-6-8-19/h4-8,18,21,28,30H,9-17H2,1-3H3,(H-,25,26,31,32)/p+1/t18?,21-,27?/m0/s1. The van der Waals surface area contributed by atoms with Gasteiger partial charge in [0.05, 0.1) is 26.7 Å².